The van der Waals surface area contributed by atoms with E-state index < -0.39 is 12.1 Å². The first-order valence-electron chi connectivity index (χ1n) is 9.14. The number of carboxylic acid groups (broad SMARTS) is 1. The van der Waals surface area contributed by atoms with Crippen LogP contribution < -0.4 is 10.1 Å². The monoisotopic (exact) mass is 427 g/mol. The zero-order valence-electron chi connectivity index (χ0n) is 16.3. The van der Waals surface area contributed by atoms with E-state index in [2.05, 4.69) is 48.6 Å². The fraction of sp³-hybridized carbons (Fsp3) is 0.381. The number of carbonyl (C=O) groups is 1. The number of benzene rings is 2. The van der Waals surface area contributed by atoms with Gasteiger partial charge >= 0.3 is 12.1 Å². The van der Waals surface area contributed by atoms with E-state index in [4.69, 9.17) is 14.6 Å². The van der Waals surface area contributed by atoms with Crippen LogP contribution in [0.15, 0.2) is 52.3 Å². The Kier molecular flexibility index (Phi) is 8.40. The van der Waals surface area contributed by atoms with E-state index in [1.54, 1.807) is 7.11 Å². The summed E-state index contributed by atoms with van der Waals surface area (Å²) in [5.74, 6) is -1.16. The first kappa shape index (κ1) is 23.1. The summed E-state index contributed by atoms with van der Waals surface area (Å²) in [6, 6.07) is 15.2. The molecule has 2 aromatic carbocycles. The van der Waals surface area contributed by atoms with Crippen molar-refractivity contribution in [3.05, 3.63) is 53.6 Å². The molecule has 0 aliphatic carbocycles. The molecular formula is C21H24F3NO3S. The Morgan fingerprint density at radius 2 is 1.83 bits per heavy atom. The van der Waals surface area contributed by atoms with Crippen molar-refractivity contribution in [2.24, 2.45) is 0 Å². The van der Waals surface area contributed by atoms with E-state index in [9.17, 15) is 13.2 Å². The van der Waals surface area contributed by atoms with Crippen molar-refractivity contribution in [2.45, 2.75) is 41.7 Å². The van der Waals surface area contributed by atoms with Gasteiger partial charge in [0, 0.05) is 9.79 Å². The number of piperidine rings is 1. The molecule has 158 valence electrons. The van der Waals surface area contributed by atoms with Gasteiger partial charge in [-0.05, 0) is 68.6 Å². The lowest BCUT2D eigenvalue weighted by Gasteiger charge is -2.25. The van der Waals surface area contributed by atoms with Crippen molar-refractivity contribution in [3.8, 4) is 5.75 Å². The summed E-state index contributed by atoms with van der Waals surface area (Å²) in [7, 11) is 1.72. The molecule has 1 saturated heterocycles. The molecule has 1 fully saturated rings. The highest BCUT2D eigenvalue weighted by molar-refractivity contribution is 7.99. The average Bonchev–Trinajstić information content (AvgIpc) is 2.70. The SMILES string of the molecule is COc1cccc(Sc2ccc(C)cc2C2CCNCC2)c1.O=C(O)C(F)(F)F. The summed E-state index contributed by atoms with van der Waals surface area (Å²) in [5, 5.41) is 10.6. The molecule has 2 N–H and O–H groups in total. The van der Waals surface area contributed by atoms with Crippen LogP contribution in [0.25, 0.3) is 0 Å². The van der Waals surface area contributed by atoms with Gasteiger partial charge in [-0.15, -0.1) is 0 Å². The fourth-order valence-corrected chi connectivity index (χ4v) is 4.06. The number of rotatable bonds is 4. The first-order chi connectivity index (χ1) is 13.7. The Morgan fingerprint density at radius 1 is 1.17 bits per heavy atom. The van der Waals surface area contributed by atoms with Gasteiger partial charge in [0.15, 0.2) is 0 Å². The van der Waals surface area contributed by atoms with Crippen LogP contribution in [-0.2, 0) is 4.79 Å². The number of nitrogens with one attached hydrogen (secondary N) is 1. The summed E-state index contributed by atoms with van der Waals surface area (Å²) in [5.41, 5.74) is 2.86. The molecule has 0 saturated carbocycles. The highest BCUT2D eigenvalue weighted by atomic mass is 32.2. The number of hydrogen-bond acceptors (Lipinski definition) is 4. The number of carboxylic acids is 1. The topological polar surface area (TPSA) is 58.6 Å². The maximum Gasteiger partial charge on any atom is 0.490 e. The van der Waals surface area contributed by atoms with E-state index in [-0.39, 0.29) is 0 Å². The molecule has 0 amide bonds. The predicted octanol–water partition coefficient (Wildman–Crippen LogP) is 5.26. The number of methoxy groups -OCH3 is 1. The van der Waals surface area contributed by atoms with Gasteiger partial charge < -0.3 is 15.2 Å². The van der Waals surface area contributed by atoms with Gasteiger partial charge in [0.1, 0.15) is 5.75 Å². The molecular weight excluding hydrogens is 403 g/mol. The zero-order valence-corrected chi connectivity index (χ0v) is 17.1. The zero-order chi connectivity index (χ0) is 21.4. The van der Waals surface area contributed by atoms with Gasteiger partial charge in [0.2, 0.25) is 0 Å². The molecule has 1 aliphatic rings. The maximum atomic E-state index is 10.6. The fourth-order valence-electron chi connectivity index (χ4n) is 3.00. The average molecular weight is 427 g/mol. The number of alkyl halides is 3. The summed E-state index contributed by atoms with van der Waals surface area (Å²) >= 11 is 1.85. The normalized spacial score (nSPS) is 14.7. The van der Waals surface area contributed by atoms with Crippen LogP contribution in [0.4, 0.5) is 13.2 Å². The van der Waals surface area contributed by atoms with Crippen LogP contribution in [0, 0.1) is 6.92 Å². The Morgan fingerprint density at radius 3 is 2.41 bits per heavy atom. The van der Waals surface area contributed by atoms with Crippen molar-refractivity contribution in [3.63, 3.8) is 0 Å². The highest BCUT2D eigenvalue weighted by Crippen LogP contribution is 2.38. The van der Waals surface area contributed by atoms with Gasteiger partial charge in [-0.1, -0.05) is 35.5 Å². The lowest BCUT2D eigenvalue weighted by atomic mass is 9.89. The number of halogens is 3. The summed E-state index contributed by atoms with van der Waals surface area (Å²) < 4.78 is 37.1. The second-order valence-electron chi connectivity index (χ2n) is 6.65. The largest absolute Gasteiger partial charge is 0.497 e. The molecule has 2 aromatic rings. The molecule has 4 nitrogen and oxygen atoms in total. The number of aryl methyl sites for hydroxylation is 1. The van der Waals surface area contributed by atoms with E-state index >= 15 is 0 Å². The van der Waals surface area contributed by atoms with Gasteiger partial charge in [-0.3, -0.25) is 0 Å². The third-order valence-corrected chi connectivity index (χ3v) is 5.54. The molecule has 0 radical (unpaired) electrons. The second-order valence-corrected chi connectivity index (χ2v) is 7.76. The van der Waals surface area contributed by atoms with E-state index in [1.807, 2.05) is 17.8 Å². The summed E-state index contributed by atoms with van der Waals surface area (Å²) in [6.45, 7) is 4.44. The first-order valence-corrected chi connectivity index (χ1v) is 9.95. The van der Waals surface area contributed by atoms with Crippen LogP contribution in [-0.4, -0.2) is 37.5 Å². The van der Waals surface area contributed by atoms with E-state index in [1.165, 1.54) is 33.8 Å². The predicted molar refractivity (Wildman–Crippen MR) is 107 cm³/mol. The van der Waals surface area contributed by atoms with Crippen molar-refractivity contribution >= 4 is 17.7 Å². The van der Waals surface area contributed by atoms with Gasteiger partial charge in [0.05, 0.1) is 7.11 Å². The smallest absolute Gasteiger partial charge is 0.490 e. The molecule has 1 heterocycles. The minimum atomic E-state index is -5.08. The number of ether oxygens (including phenoxy) is 1. The summed E-state index contributed by atoms with van der Waals surface area (Å²) in [6.07, 6.45) is -2.62. The number of hydrogen-bond donors (Lipinski definition) is 2. The Bertz CT molecular complexity index is 821. The lowest BCUT2D eigenvalue weighted by Crippen LogP contribution is -2.26. The Balaban J connectivity index is 0.000000370. The number of aliphatic carboxylic acids is 1. The quantitative estimate of drug-likeness (QED) is 0.698. The van der Waals surface area contributed by atoms with Crippen LogP contribution in [0.2, 0.25) is 0 Å². The van der Waals surface area contributed by atoms with Crippen LogP contribution in [0.3, 0.4) is 0 Å². The van der Waals surface area contributed by atoms with Gasteiger partial charge in [-0.2, -0.15) is 13.2 Å². The standard InChI is InChI=1S/C19H23NOS.C2HF3O2/c1-14-6-7-19(18(12-14)15-8-10-20-11-9-15)22-17-5-3-4-16(13-17)21-2;3-2(4,5)1(6)7/h3-7,12-13,15,20H,8-11H2,1-2H3;(H,6,7). The Hall–Kier alpha value is -2.19. The third kappa shape index (κ3) is 7.29. The van der Waals surface area contributed by atoms with Crippen LogP contribution in [0.5, 0.6) is 5.75 Å². The van der Waals surface area contributed by atoms with Crippen LogP contribution in [0.1, 0.15) is 29.9 Å². The summed E-state index contributed by atoms with van der Waals surface area (Å²) in [4.78, 5) is 11.5. The van der Waals surface area contributed by atoms with Crippen molar-refractivity contribution in [2.75, 3.05) is 20.2 Å². The third-order valence-electron chi connectivity index (χ3n) is 4.46. The van der Waals surface area contributed by atoms with Gasteiger partial charge in [-0.25, -0.2) is 4.79 Å². The Labute approximate surface area is 172 Å². The molecule has 0 spiro atoms. The van der Waals surface area contributed by atoms with Crippen molar-refractivity contribution < 1.29 is 27.8 Å². The molecule has 0 unspecified atom stereocenters. The molecule has 8 heteroatoms. The minimum absolute atomic E-state index is 0.675. The van der Waals surface area contributed by atoms with Crippen molar-refractivity contribution in [1.29, 1.82) is 0 Å². The van der Waals surface area contributed by atoms with E-state index in [0.717, 1.165) is 18.8 Å². The highest BCUT2D eigenvalue weighted by Gasteiger charge is 2.38. The van der Waals surface area contributed by atoms with E-state index in [0.29, 0.717) is 5.92 Å². The maximum absolute atomic E-state index is 10.6. The second kappa shape index (κ2) is 10.5. The molecule has 0 bridgehead atoms. The molecule has 29 heavy (non-hydrogen) atoms. The molecule has 3 rings (SSSR count). The van der Waals surface area contributed by atoms with Crippen LogP contribution >= 0.6 is 11.8 Å². The van der Waals surface area contributed by atoms with Gasteiger partial charge in [0.25, 0.3) is 0 Å². The van der Waals surface area contributed by atoms with Crippen molar-refractivity contribution in [1.82, 2.24) is 5.32 Å². The lowest BCUT2D eigenvalue weighted by molar-refractivity contribution is -0.192. The molecule has 0 aromatic heterocycles. The molecule has 0 atom stereocenters. The minimum Gasteiger partial charge on any atom is -0.497 e. The molecule has 1 aliphatic heterocycles.